The standard InChI is InChI=1S/C16H12BrFN2O3/c1-23-13-4-2-3-11-14(13)19-16(22)20(15(11)21)8-9-5-6-10(17)7-12(9)18/h2-7H,8H2,1H3,(H,19,22). The Bertz CT molecular complexity index is 1010. The number of fused-ring (bicyclic) bond motifs is 1. The van der Waals surface area contributed by atoms with Crippen LogP contribution in [0.4, 0.5) is 4.39 Å². The van der Waals surface area contributed by atoms with E-state index in [1.807, 2.05) is 0 Å². The number of aromatic amines is 1. The van der Waals surface area contributed by atoms with Gasteiger partial charge in [0, 0.05) is 10.0 Å². The maximum absolute atomic E-state index is 14.0. The number of methoxy groups -OCH3 is 1. The van der Waals surface area contributed by atoms with Crippen molar-refractivity contribution in [3.63, 3.8) is 0 Å². The molecule has 118 valence electrons. The zero-order chi connectivity index (χ0) is 16.6. The second kappa shape index (κ2) is 6.00. The van der Waals surface area contributed by atoms with Crippen LogP contribution in [0, 0.1) is 5.82 Å². The molecule has 3 rings (SSSR count). The molecule has 0 fully saturated rings. The molecule has 0 bridgehead atoms. The van der Waals surface area contributed by atoms with Gasteiger partial charge in [0.15, 0.2) is 0 Å². The van der Waals surface area contributed by atoms with Crippen molar-refractivity contribution in [2.45, 2.75) is 6.54 Å². The Morgan fingerprint density at radius 3 is 2.74 bits per heavy atom. The molecule has 2 aromatic carbocycles. The Balaban J connectivity index is 2.19. The molecule has 0 aliphatic carbocycles. The first kappa shape index (κ1) is 15.5. The predicted molar refractivity (Wildman–Crippen MR) is 88.6 cm³/mol. The number of benzene rings is 2. The first-order chi connectivity index (χ1) is 11.0. The van der Waals surface area contributed by atoms with E-state index < -0.39 is 17.1 Å². The number of nitrogens with zero attached hydrogens (tertiary/aromatic N) is 1. The van der Waals surface area contributed by atoms with Crippen LogP contribution < -0.4 is 16.0 Å². The molecule has 0 unspecified atom stereocenters. The molecule has 0 aliphatic heterocycles. The van der Waals surface area contributed by atoms with Crippen LogP contribution in [0.5, 0.6) is 5.75 Å². The summed E-state index contributed by atoms with van der Waals surface area (Å²) in [6, 6.07) is 9.37. The average Bonchev–Trinajstić information content (AvgIpc) is 2.52. The normalized spacial score (nSPS) is 10.9. The van der Waals surface area contributed by atoms with Gasteiger partial charge in [-0.2, -0.15) is 0 Å². The molecular weight excluding hydrogens is 367 g/mol. The Labute approximate surface area is 138 Å². The largest absolute Gasteiger partial charge is 0.495 e. The van der Waals surface area contributed by atoms with Gasteiger partial charge in [0.1, 0.15) is 11.6 Å². The zero-order valence-corrected chi connectivity index (χ0v) is 13.7. The van der Waals surface area contributed by atoms with E-state index in [-0.39, 0.29) is 12.1 Å². The first-order valence-electron chi connectivity index (χ1n) is 6.75. The van der Waals surface area contributed by atoms with Crippen LogP contribution in [-0.4, -0.2) is 16.7 Å². The zero-order valence-electron chi connectivity index (χ0n) is 12.1. The average molecular weight is 379 g/mol. The van der Waals surface area contributed by atoms with Crippen LogP contribution in [0.1, 0.15) is 5.56 Å². The number of para-hydroxylation sites is 1. The van der Waals surface area contributed by atoms with Crippen LogP contribution in [0.25, 0.3) is 10.9 Å². The number of aromatic nitrogens is 2. The molecular formula is C16H12BrFN2O3. The summed E-state index contributed by atoms with van der Waals surface area (Å²) in [5.41, 5.74) is -0.528. The fourth-order valence-electron chi connectivity index (χ4n) is 2.38. The molecule has 5 nitrogen and oxygen atoms in total. The smallest absolute Gasteiger partial charge is 0.329 e. The summed E-state index contributed by atoms with van der Waals surface area (Å²) in [6.07, 6.45) is 0. The molecule has 23 heavy (non-hydrogen) atoms. The van der Waals surface area contributed by atoms with Crippen molar-refractivity contribution in [2.75, 3.05) is 7.11 Å². The van der Waals surface area contributed by atoms with Gasteiger partial charge in [0.05, 0.1) is 24.6 Å². The number of H-pyrrole nitrogens is 1. The Kier molecular flexibility index (Phi) is 4.04. The maximum Gasteiger partial charge on any atom is 0.329 e. The van der Waals surface area contributed by atoms with Crippen molar-refractivity contribution in [1.29, 1.82) is 0 Å². The molecule has 0 saturated carbocycles. The Hall–Kier alpha value is -2.41. The third-order valence-corrected chi connectivity index (χ3v) is 4.04. The van der Waals surface area contributed by atoms with E-state index in [4.69, 9.17) is 4.74 Å². The lowest BCUT2D eigenvalue weighted by atomic mass is 10.2. The van der Waals surface area contributed by atoms with E-state index in [9.17, 15) is 14.0 Å². The second-order valence-electron chi connectivity index (χ2n) is 4.94. The van der Waals surface area contributed by atoms with Gasteiger partial charge in [-0.1, -0.05) is 28.1 Å². The van der Waals surface area contributed by atoms with Crippen molar-refractivity contribution >= 4 is 26.8 Å². The number of halogens is 2. The van der Waals surface area contributed by atoms with Gasteiger partial charge in [-0.25, -0.2) is 9.18 Å². The van der Waals surface area contributed by atoms with Crippen LogP contribution in [0.3, 0.4) is 0 Å². The quantitative estimate of drug-likeness (QED) is 0.761. The van der Waals surface area contributed by atoms with Crippen LogP contribution in [-0.2, 0) is 6.54 Å². The van der Waals surface area contributed by atoms with Gasteiger partial charge in [-0.3, -0.25) is 9.36 Å². The summed E-state index contributed by atoms with van der Waals surface area (Å²) >= 11 is 3.17. The van der Waals surface area contributed by atoms with Gasteiger partial charge in [0.2, 0.25) is 0 Å². The van der Waals surface area contributed by atoms with Crippen LogP contribution in [0.15, 0.2) is 50.5 Å². The Morgan fingerprint density at radius 1 is 1.26 bits per heavy atom. The SMILES string of the molecule is COc1cccc2c(=O)n(Cc3ccc(Br)cc3F)c(=O)[nH]c12. The molecule has 0 atom stereocenters. The van der Waals surface area contributed by atoms with E-state index in [2.05, 4.69) is 20.9 Å². The highest BCUT2D eigenvalue weighted by Gasteiger charge is 2.13. The van der Waals surface area contributed by atoms with Gasteiger partial charge in [-0.15, -0.1) is 0 Å². The van der Waals surface area contributed by atoms with Crippen molar-refractivity contribution < 1.29 is 9.13 Å². The molecule has 1 N–H and O–H groups in total. The van der Waals surface area contributed by atoms with E-state index in [1.54, 1.807) is 24.3 Å². The summed E-state index contributed by atoms with van der Waals surface area (Å²) in [5, 5.41) is 0.307. The number of rotatable bonds is 3. The van der Waals surface area contributed by atoms with Crippen molar-refractivity contribution in [1.82, 2.24) is 9.55 Å². The minimum atomic E-state index is -0.616. The lowest BCUT2D eigenvalue weighted by Gasteiger charge is -2.09. The van der Waals surface area contributed by atoms with E-state index in [0.717, 1.165) is 4.57 Å². The highest BCUT2D eigenvalue weighted by molar-refractivity contribution is 9.10. The lowest BCUT2D eigenvalue weighted by molar-refractivity contribution is 0.418. The van der Waals surface area contributed by atoms with Crippen LogP contribution in [0.2, 0.25) is 0 Å². The third kappa shape index (κ3) is 2.79. The fourth-order valence-corrected chi connectivity index (χ4v) is 2.72. The summed E-state index contributed by atoms with van der Waals surface area (Å²) < 4.78 is 20.7. The van der Waals surface area contributed by atoms with Crippen molar-refractivity contribution in [3.8, 4) is 5.75 Å². The van der Waals surface area contributed by atoms with E-state index >= 15 is 0 Å². The maximum atomic E-state index is 14.0. The van der Waals surface area contributed by atoms with Gasteiger partial charge < -0.3 is 9.72 Å². The summed E-state index contributed by atoms with van der Waals surface area (Å²) in [5.74, 6) is -0.0879. The molecule has 0 spiro atoms. The fraction of sp³-hybridized carbons (Fsp3) is 0.125. The summed E-state index contributed by atoms with van der Waals surface area (Å²) in [4.78, 5) is 27.4. The molecule has 7 heteroatoms. The molecule has 0 aliphatic rings. The molecule has 1 heterocycles. The Morgan fingerprint density at radius 2 is 2.04 bits per heavy atom. The lowest BCUT2D eigenvalue weighted by Crippen LogP contribution is -2.35. The molecule has 1 aromatic heterocycles. The highest BCUT2D eigenvalue weighted by atomic mass is 79.9. The van der Waals surface area contributed by atoms with Gasteiger partial charge in [0.25, 0.3) is 5.56 Å². The number of ether oxygens (including phenoxy) is 1. The van der Waals surface area contributed by atoms with Crippen LogP contribution >= 0.6 is 15.9 Å². The number of hydrogen-bond acceptors (Lipinski definition) is 3. The second-order valence-corrected chi connectivity index (χ2v) is 5.86. The number of hydrogen-bond donors (Lipinski definition) is 1. The summed E-state index contributed by atoms with van der Waals surface area (Å²) in [6.45, 7) is -0.152. The van der Waals surface area contributed by atoms with Crippen molar-refractivity contribution in [3.05, 3.63) is 73.1 Å². The molecule has 0 saturated heterocycles. The molecule has 3 aromatic rings. The molecule has 0 radical (unpaired) electrons. The monoisotopic (exact) mass is 378 g/mol. The van der Waals surface area contributed by atoms with Gasteiger partial charge in [-0.05, 0) is 24.3 Å². The van der Waals surface area contributed by atoms with E-state index in [0.29, 0.717) is 21.1 Å². The predicted octanol–water partition coefficient (Wildman–Crippen LogP) is 2.65. The van der Waals surface area contributed by atoms with Gasteiger partial charge >= 0.3 is 5.69 Å². The molecule has 0 amide bonds. The third-order valence-electron chi connectivity index (χ3n) is 3.54. The minimum absolute atomic E-state index is 0.152. The first-order valence-corrected chi connectivity index (χ1v) is 7.54. The summed E-state index contributed by atoms with van der Waals surface area (Å²) in [7, 11) is 1.45. The van der Waals surface area contributed by atoms with E-state index in [1.165, 1.54) is 19.2 Å². The minimum Gasteiger partial charge on any atom is -0.495 e. The topological polar surface area (TPSA) is 64.1 Å². The van der Waals surface area contributed by atoms with Crippen molar-refractivity contribution in [2.24, 2.45) is 0 Å². The highest BCUT2D eigenvalue weighted by Crippen LogP contribution is 2.20. The number of nitrogens with one attached hydrogen (secondary N) is 1.